The van der Waals surface area contributed by atoms with Crippen molar-refractivity contribution in [1.82, 2.24) is 9.88 Å². The van der Waals surface area contributed by atoms with Gasteiger partial charge in [-0.15, -0.1) is 0 Å². The summed E-state index contributed by atoms with van der Waals surface area (Å²) in [5, 5.41) is 0. The number of hydrogen-bond acceptors (Lipinski definition) is 2. The van der Waals surface area contributed by atoms with E-state index in [2.05, 4.69) is 11.6 Å². The van der Waals surface area contributed by atoms with E-state index >= 15 is 0 Å². The van der Waals surface area contributed by atoms with E-state index in [4.69, 9.17) is 0 Å². The molecule has 1 aromatic carbocycles. The molecule has 2 heterocycles. The molecule has 0 bridgehead atoms. The average molecular weight is 250 g/mol. The van der Waals surface area contributed by atoms with E-state index < -0.39 is 0 Å². The van der Waals surface area contributed by atoms with Crippen molar-refractivity contribution in [2.75, 3.05) is 6.54 Å². The van der Waals surface area contributed by atoms with E-state index in [0.29, 0.717) is 6.54 Å². The van der Waals surface area contributed by atoms with Gasteiger partial charge in [-0.05, 0) is 30.2 Å². The Hall–Kier alpha value is -2.42. The summed E-state index contributed by atoms with van der Waals surface area (Å²) in [7, 11) is 0. The predicted octanol–water partition coefficient (Wildman–Crippen LogP) is 2.75. The largest absolute Gasteiger partial charge is 0.308 e. The third-order valence-electron chi connectivity index (χ3n) is 3.41. The maximum Gasteiger partial charge on any atom is 0.258 e. The van der Waals surface area contributed by atoms with Gasteiger partial charge in [0.15, 0.2) is 0 Å². The predicted molar refractivity (Wildman–Crippen MR) is 74.5 cm³/mol. The summed E-state index contributed by atoms with van der Waals surface area (Å²) in [6.45, 7) is 4.68. The molecule has 3 rings (SSSR count). The van der Waals surface area contributed by atoms with Gasteiger partial charge in [0.1, 0.15) is 0 Å². The Morgan fingerprint density at radius 3 is 2.42 bits per heavy atom. The number of amides is 1. The van der Waals surface area contributed by atoms with E-state index in [1.165, 1.54) is 5.56 Å². The SMILES string of the molecule is C=C1c2ccccc2C(=O)N1CCc1ccncc1. The lowest BCUT2D eigenvalue weighted by Crippen LogP contribution is -2.25. The van der Waals surface area contributed by atoms with Gasteiger partial charge in [0.25, 0.3) is 5.91 Å². The third kappa shape index (κ3) is 2.03. The number of carbonyl (C=O) groups is 1. The molecule has 1 aromatic heterocycles. The zero-order valence-electron chi connectivity index (χ0n) is 10.5. The monoisotopic (exact) mass is 250 g/mol. The van der Waals surface area contributed by atoms with Crippen molar-refractivity contribution in [1.29, 1.82) is 0 Å². The summed E-state index contributed by atoms with van der Waals surface area (Å²) in [5.74, 6) is 0.0506. The number of fused-ring (bicyclic) bond motifs is 1. The average Bonchev–Trinajstić information content (AvgIpc) is 2.71. The molecule has 0 saturated carbocycles. The molecule has 94 valence electrons. The molecular formula is C16H14N2O. The Balaban J connectivity index is 1.78. The van der Waals surface area contributed by atoms with Crippen LogP contribution >= 0.6 is 0 Å². The second-order valence-corrected chi connectivity index (χ2v) is 4.55. The second-order valence-electron chi connectivity index (χ2n) is 4.55. The highest BCUT2D eigenvalue weighted by Gasteiger charge is 2.29. The van der Waals surface area contributed by atoms with Gasteiger partial charge in [0.05, 0.1) is 0 Å². The summed E-state index contributed by atoms with van der Waals surface area (Å²) in [4.78, 5) is 18.0. The van der Waals surface area contributed by atoms with Crippen molar-refractivity contribution in [3.63, 3.8) is 0 Å². The van der Waals surface area contributed by atoms with Gasteiger partial charge in [-0.1, -0.05) is 24.8 Å². The number of hydrogen-bond donors (Lipinski definition) is 0. The maximum absolute atomic E-state index is 12.3. The first kappa shape index (κ1) is 11.7. The van der Waals surface area contributed by atoms with Gasteiger partial charge in [0.2, 0.25) is 0 Å². The molecule has 0 aliphatic carbocycles. The van der Waals surface area contributed by atoms with Crippen LogP contribution in [0.1, 0.15) is 21.5 Å². The van der Waals surface area contributed by atoms with Crippen LogP contribution in [0.25, 0.3) is 5.70 Å². The van der Waals surface area contributed by atoms with Crippen molar-refractivity contribution in [2.24, 2.45) is 0 Å². The molecule has 0 radical (unpaired) electrons. The van der Waals surface area contributed by atoms with Gasteiger partial charge in [-0.3, -0.25) is 9.78 Å². The van der Waals surface area contributed by atoms with Crippen LogP contribution in [-0.2, 0) is 6.42 Å². The van der Waals surface area contributed by atoms with Crippen molar-refractivity contribution >= 4 is 11.6 Å². The minimum atomic E-state index is 0.0506. The van der Waals surface area contributed by atoms with Crippen molar-refractivity contribution in [3.8, 4) is 0 Å². The summed E-state index contributed by atoms with van der Waals surface area (Å²) >= 11 is 0. The fraction of sp³-hybridized carbons (Fsp3) is 0.125. The van der Waals surface area contributed by atoms with Crippen LogP contribution in [0.2, 0.25) is 0 Å². The summed E-state index contributed by atoms with van der Waals surface area (Å²) in [5.41, 5.74) is 3.67. The van der Waals surface area contributed by atoms with Gasteiger partial charge < -0.3 is 4.90 Å². The van der Waals surface area contributed by atoms with E-state index in [1.807, 2.05) is 36.4 Å². The first-order valence-electron chi connectivity index (χ1n) is 6.26. The topological polar surface area (TPSA) is 33.2 Å². The first-order chi connectivity index (χ1) is 9.27. The molecule has 0 fully saturated rings. The Labute approximate surface area is 112 Å². The Bertz CT molecular complexity index is 599. The molecule has 3 nitrogen and oxygen atoms in total. The van der Waals surface area contributed by atoms with Gasteiger partial charge in [-0.25, -0.2) is 0 Å². The minimum absolute atomic E-state index is 0.0506. The van der Waals surface area contributed by atoms with E-state index in [9.17, 15) is 4.79 Å². The number of carbonyl (C=O) groups excluding carboxylic acids is 1. The highest BCUT2D eigenvalue weighted by molar-refractivity contribution is 6.08. The lowest BCUT2D eigenvalue weighted by molar-refractivity contribution is 0.0852. The Morgan fingerprint density at radius 1 is 1.05 bits per heavy atom. The van der Waals surface area contributed by atoms with Crippen LogP contribution < -0.4 is 0 Å². The maximum atomic E-state index is 12.3. The minimum Gasteiger partial charge on any atom is -0.308 e. The smallest absolute Gasteiger partial charge is 0.258 e. The van der Waals surface area contributed by atoms with Crippen LogP contribution in [0.3, 0.4) is 0 Å². The van der Waals surface area contributed by atoms with Crippen molar-refractivity contribution in [3.05, 3.63) is 72.1 Å². The first-order valence-corrected chi connectivity index (χ1v) is 6.26. The Morgan fingerprint density at radius 2 is 1.74 bits per heavy atom. The molecule has 19 heavy (non-hydrogen) atoms. The molecule has 1 aliphatic rings. The molecule has 1 aliphatic heterocycles. The van der Waals surface area contributed by atoms with Crippen LogP contribution in [0.15, 0.2) is 55.4 Å². The third-order valence-corrected chi connectivity index (χ3v) is 3.41. The highest BCUT2D eigenvalue weighted by atomic mass is 16.2. The zero-order chi connectivity index (χ0) is 13.2. The van der Waals surface area contributed by atoms with E-state index in [-0.39, 0.29) is 5.91 Å². The van der Waals surface area contributed by atoms with Gasteiger partial charge in [0, 0.05) is 35.8 Å². The molecule has 0 N–H and O–H groups in total. The molecule has 3 heteroatoms. The molecule has 1 amide bonds. The molecule has 2 aromatic rings. The van der Waals surface area contributed by atoms with Crippen LogP contribution in [-0.4, -0.2) is 22.3 Å². The molecule has 0 unspecified atom stereocenters. The van der Waals surface area contributed by atoms with Crippen LogP contribution in [0, 0.1) is 0 Å². The normalized spacial score (nSPS) is 13.8. The van der Waals surface area contributed by atoms with Gasteiger partial charge in [-0.2, -0.15) is 0 Å². The number of aromatic nitrogens is 1. The van der Waals surface area contributed by atoms with Crippen molar-refractivity contribution < 1.29 is 4.79 Å². The van der Waals surface area contributed by atoms with Crippen LogP contribution in [0.4, 0.5) is 0 Å². The number of pyridine rings is 1. The number of rotatable bonds is 3. The lowest BCUT2D eigenvalue weighted by atomic mass is 10.1. The number of nitrogens with zero attached hydrogens (tertiary/aromatic N) is 2. The quantitative estimate of drug-likeness (QED) is 0.839. The molecular weight excluding hydrogens is 236 g/mol. The lowest BCUT2D eigenvalue weighted by Gasteiger charge is -2.17. The van der Waals surface area contributed by atoms with E-state index in [0.717, 1.165) is 23.2 Å². The van der Waals surface area contributed by atoms with E-state index in [1.54, 1.807) is 17.3 Å². The summed E-state index contributed by atoms with van der Waals surface area (Å²) < 4.78 is 0. The van der Waals surface area contributed by atoms with Crippen molar-refractivity contribution in [2.45, 2.75) is 6.42 Å². The van der Waals surface area contributed by atoms with Crippen LogP contribution in [0.5, 0.6) is 0 Å². The standard InChI is InChI=1S/C16H14N2O/c1-12-14-4-2-3-5-15(14)16(19)18(12)11-8-13-6-9-17-10-7-13/h2-7,9-10H,1,8,11H2. The molecule has 0 spiro atoms. The second kappa shape index (κ2) is 4.69. The fourth-order valence-electron chi connectivity index (χ4n) is 2.36. The zero-order valence-corrected chi connectivity index (χ0v) is 10.5. The Kier molecular flexibility index (Phi) is 2.88. The number of benzene rings is 1. The van der Waals surface area contributed by atoms with Gasteiger partial charge >= 0.3 is 0 Å². The molecule has 0 saturated heterocycles. The summed E-state index contributed by atoms with van der Waals surface area (Å²) in [6.07, 6.45) is 4.34. The fourth-order valence-corrected chi connectivity index (χ4v) is 2.36. The molecule has 0 atom stereocenters. The summed E-state index contributed by atoms with van der Waals surface area (Å²) in [6, 6.07) is 11.6. The highest BCUT2D eigenvalue weighted by Crippen LogP contribution is 2.30.